The van der Waals surface area contributed by atoms with Gasteiger partial charge in [-0.1, -0.05) is 12.6 Å². The number of nitrogens with zero attached hydrogens (tertiary/aromatic N) is 1. The molecule has 0 saturated heterocycles. The molecule has 0 bridgehead atoms. The fourth-order valence-corrected chi connectivity index (χ4v) is 0.720. The second-order valence-electron chi connectivity index (χ2n) is 1.63. The summed E-state index contributed by atoms with van der Waals surface area (Å²) in [6.45, 7) is 0. The summed E-state index contributed by atoms with van der Waals surface area (Å²) in [5, 5.41) is 2.89. The summed E-state index contributed by atoms with van der Waals surface area (Å²) in [6.07, 6.45) is 1.69. The van der Waals surface area contributed by atoms with Gasteiger partial charge in [0, 0.05) is 18.1 Å². The Morgan fingerprint density at radius 3 is 2.89 bits per heavy atom. The van der Waals surface area contributed by atoms with Crippen molar-refractivity contribution in [1.82, 2.24) is 4.98 Å². The van der Waals surface area contributed by atoms with Gasteiger partial charge in [-0.25, -0.2) is 4.98 Å². The van der Waals surface area contributed by atoms with Crippen LogP contribution in [0, 0.1) is 0 Å². The maximum absolute atomic E-state index is 4.89. The maximum atomic E-state index is 4.89. The van der Waals surface area contributed by atoms with E-state index in [-0.39, 0.29) is 0 Å². The number of pyridine rings is 1. The molecule has 0 aliphatic heterocycles. The van der Waals surface area contributed by atoms with Gasteiger partial charge >= 0.3 is 0 Å². The summed E-state index contributed by atoms with van der Waals surface area (Å²) in [6, 6.07) is 3.60. The van der Waals surface area contributed by atoms with Crippen LogP contribution in [0.2, 0.25) is 0 Å². The summed E-state index contributed by atoms with van der Waals surface area (Å²) in [4.78, 5) is 4.79. The molecular weight excluding hydrogens is 132 g/mol. The van der Waals surface area contributed by atoms with Crippen LogP contribution < -0.4 is 5.32 Å². The first-order chi connectivity index (χ1) is 4.33. The molecule has 1 aromatic rings. The van der Waals surface area contributed by atoms with Crippen LogP contribution in [-0.4, -0.2) is 12.0 Å². The highest BCUT2D eigenvalue weighted by Crippen LogP contribution is 2.08. The van der Waals surface area contributed by atoms with E-state index in [0.29, 0.717) is 0 Å². The molecule has 0 aromatic carbocycles. The molecule has 47 valence electrons. The Labute approximate surface area is 59.7 Å². The average Bonchev–Trinajstić information content (AvgIpc) is 1.88. The number of aromatic nitrogens is 1. The molecule has 0 amide bonds. The second-order valence-corrected chi connectivity index (χ2v) is 2.10. The van der Waals surface area contributed by atoms with Crippen LogP contribution in [0.15, 0.2) is 23.2 Å². The molecule has 2 nitrogen and oxygen atoms in total. The van der Waals surface area contributed by atoms with Crippen LogP contribution in [-0.2, 0) is 0 Å². The quantitative estimate of drug-likeness (QED) is 0.640. The molecule has 1 rings (SSSR count). The van der Waals surface area contributed by atoms with E-state index in [2.05, 4.69) is 10.3 Å². The van der Waals surface area contributed by atoms with Crippen molar-refractivity contribution < 1.29 is 0 Å². The van der Waals surface area contributed by atoms with E-state index in [1.54, 1.807) is 12.3 Å². The molecule has 9 heavy (non-hydrogen) atoms. The molecule has 0 spiro atoms. The van der Waals surface area contributed by atoms with Crippen molar-refractivity contribution in [2.75, 3.05) is 12.4 Å². The van der Waals surface area contributed by atoms with Gasteiger partial charge < -0.3 is 5.32 Å². The van der Waals surface area contributed by atoms with Crippen LogP contribution in [0.3, 0.4) is 0 Å². The first-order valence-electron chi connectivity index (χ1n) is 2.64. The fraction of sp³-hybridized carbons (Fsp3) is 0.167. The van der Waals surface area contributed by atoms with Crippen molar-refractivity contribution in [1.29, 1.82) is 0 Å². The maximum Gasteiger partial charge on any atom is 0.127 e. The minimum absolute atomic E-state index is 0.814. The van der Waals surface area contributed by atoms with Gasteiger partial charge in [-0.3, -0.25) is 0 Å². The highest BCUT2D eigenvalue weighted by molar-refractivity contribution is 7.80. The van der Waals surface area contributed by atoms with Crippen molar-refractivity contribution in [3.63, 3.8) is 0 Å². The third kappa shape index (κ3) is 1.54. The molecule has 0 unspecified atom stereocenters. The van der Waals surface area contributed by atoms with Crippen LogP contribution in [0.5, 0.6) is 0 Å². The monoisotopic (exact) mass is 139 g/mol. The summed E-state index contributed by atoms with van der Waals surface area (Å²) in [7, 11) is 1.82. The van der Waals surface area contributed by atoms with Crippen molar-refractivity contribution in [2.24, 2.45) is 0 Å². The van der Waals surface area contributed by atoms with Crippen LogP contribution in [0.25, 0.3) is 0 Å². The smallest absolute Gasteiger partial charge is 0.127 e. The normalized spacial score (nSPS) is 9.00. The third-order valence-corrected chi connectivity index (χ3v) is 1.24. The lowest BCUT2D eigenvalue weighted by molar-refractivity contribution is 1.24. The second kappa shape index (κ2) is 2.64. The lowest BCUT2D eigenvalue weighted by atomic mass is 10.5. The van der Waals surface area contributed by atoms with Crippen LogP contribution in [0.4, 0.5) is 5.82 Å². The predicted octanol–water partition coefficient (Wildman–Crippen LogP) is 1.68. The Bertz CT molecular complexity index is 200. The van der Waals surface area contributed by atoms with Gasteiger partial charge in [0.1, 0.15) is 5.82 Å². The van der Waals surface area contributed by atoms with Gasteiger partial charge in [-0.2, -0.15) is 0 Å². The highest BCUT2D eigenvalue weighted by atomic mass is 32.1. The molecule has 0 saturated carbocycles. The highest BCUT2D eigenvalue weighted by Gasteiger charge is 1.88. The molecule has 1 radical (unpaired) electrons. The van der Waals surface area contributed by atoms with E-state index in [0.717, 1.165) is 10.7 Å². The zero-order valence-electron chi connectivity index (χ0n) is 5.09. The van der Waals surface area contributed by atoms with E-state index in [1.807, 2.05) is 13.1 Å². The van der Waals surface area contributed by atoms with E-state index < -0.39 is 0 Å². The van der Waals surface area contributed by atoms with Gasteiger partial charge in [0.05, 0.1) is 0 Å². The average molecular weight is 139 g/mol. The van der Waals surface area contributed by atoms with Gasteiger partial charge in [0.2, 0.25) is 0 Å². The summed E-state index contributed by atoms with van der Waals surface area (Å²) in [5.41, 5.74) is 0. The number of hydrogen-bond acceptors (Lipinski definition) is 2. The lowest BCUT2D eigenvalue weighted by Gasteiger charge is -1.95. The SMILES string of the molecule is CNc1cc([S])ccn1. The standard InChI is InChI=1S/C6H7N2S/c1-7-6-4-5(9)2-3-8-6/h2-4H,1H3,(H,7,8). The first-order valence-corrected chi connectivity index (χ1v) is 3.04. The number of nitrogens with one attached hydrogen (secondary N) is 1. The zero-order chi connectivity index (χ0) is 6.69. The zero-order valence-corrected chi connectivity index (χ0v) is 5.90. The van der Waals surface area contributed by atoms with E-state index in [4.69, 9.17) is 12.6 Å². The van der Waals surface area contributed by atoms with Crippen LogP contribution >= 0.6 is 12.6 Å². The largest absolute Gasteiger partial charge is 0.373 e. The minimum Gasteiger partial charge on any atom is -0.373 e. The van der Waals surface area contributed by atoms with Crippen molar-refractivity contribution >= 4 is 18.4 Å². The number of hydrogen-bond donors (Lipinski definition) is 1. The Balaban J connectivity index is 2.94. The van der Waals surface area contributed by atoms with Gasteiger partial charge in [-0.15, -0.1) is 0 Å². The Kier molecular flexibility index (Phi) is 1.85. The summed E-state index contributed by atoms with van der Waals surface area (Å²) >= 11 is 4.89. The Morgan fingerprint density at radius 2 is 2.44 bits per heavy atom. The van der Waals surface area contributed by atoms with Crippen LogP contribution in [0.1, 0.15) is 0 Å². The molecule has 1 heterocycles. The van der Waals surface area contributed by atoms with E-state index >= 15 is 0 Å². The van der Waals surface area contributed by atoms with Crippen molar-refractivity contribution in [2.45, 2.75) is 4.90 Å². The van der Waals surface area contributed by atoms with Gasteiger partial charge in [-0.05, 0) is 12.1 Å². The van der Waals surface area contributed by atoms with Gasteiger partial charge in [0.25, 0.3) is 0 Å². The topological polar surface area (TPSA) is 24.9 Å². The molecule has 0 aliphatic carbocycles. The van der Waals surface area contributed by atoms with E-state index in [9.17, 15) is 0 Å². The lowest BCUT2D eigenvalue weighted by Crippen LogP contribution is -1.89. The summed E-state index contributed by atoms with van der Waals surface area (Å²) < 4.78 is 0. The number of anilines is 1. The Morgan fingerprint density at radius 1 is 1.67 bits per heavy atom. The third-order valence-electron chi connectivity index (χ3n) is 0.988. The molecule has 1 aromatic heterocycles. The van der Waals surface area contributed by atoms with Gasteiger partial charge in [0.15, 0.2) is 0 Å². The predicted molar refractivity (Wildman–Crippen MR) is 39.6 cm³/mol. The first kappa shape index (κ1) is 6.29. The fourth-order valence-electron chi connectivity index (χ4n) is 0.548. The molecule has 0 fully saturated rings. The molecule has 3 heteroatoms. The molecular formula is C6H7N2S. The van der Waals surface area contributed by atoms with Crippen molar-refractivity contribution in [3.8, 4) is 0 Å². The minimum atomic E-state index is 0.814. The molecule has 0 aliphatic rings. The Hall–Kier alpha value is -0.830. The van der Waals surface area contributed by atoms with E-state index in [1.165, 1.54) is 0 Å². The molecule has 1 N–H and O–H groups in total. The number of rotatable bonds is 1. The molecule has 0 atom stereocenters. The summed E-state index contributed by atoms with van der Waals surface area (Å²) in [5.74, 6) is 0.822. The van der Waals surface area contributed by atoms with Crippen molar-refractivity contribution in [3.05, 3.63) is 18.3 Å².